The first kappa shape index (κ1) is 28.8. The van der Waals surface area contributed by atoms with Gasteiger partial charge in [0, 0.05) is 31.2 Å². The normalized spacial score (nSPS) is 18.4. The van der Waals surface area contributed by atoms with E-state index in [2.05, 4.69) is 39.8 Å². The molecule has 1 aromatic heterocycles. The Morgan fingerprint density at radius 2 is 1.92 bits per heavy atom. The van der Waals surface area contributed by atoms with Crippen LogP contribution in [-0.2, 0) is 6.42 Å². The van der Waals surface area contributed by atoms with Gasteiger partial charge in [-0.05, 0) is 111 Å². The summed E-state index contributed by atoms with van der Waals surface area (Å²) in [5.74, 6) is 4.41. The molecule has 198 valence electrons. The lowest BCUT2D eigenvalue weighted by molar-refractivity contribution is 0.0677. The Hall–Kier alpha value is -1.81. The Morgan fingerprint density at radius 1 is 1.08 bits per heavy atom. The van der Waals surface area contributed by atoms with Gasteiger partial charge in [-0.15, -0.1) is 0 Å². The highest BCUT2D eigenvalue weighted by atomic mass is 32.2. The zero-order valence-electron chi connectivity index (χ0n) is 22.2. The van der Waals surface area contributed by atoms with Crippen LogP contribution in [0, 0.1) is 23.2 Å². The number of fused-ring (bicyclic) bond motifs is 1. The van der Waals surface area contributed by atoms with E-state index in [1.165, 1.54) is 73.9 Å². The summed E-state index contributed by atoms with van der Waals surface area (Å²) >= 11 is 2.09. The number of thioether (sulfide) groups is 1. The number of aliphatic hydroxyl groups is 1. The van der Waals surface area contributed by atoms with E-state index in [1.807, 2.05) is 18.3 Å². The molecule has 0 bridgehead atoms. The predicted molar refractivity (Wildman–Crippen MR) is 152 cm³/mol. The van der Waals surface area contributed by atoms with Gasteiger partial charge in [-0.1, -0.05) is 19.3 Å². The zero-order valence-corrected chi connectivity index (χ0v) is 23.0. The number of hydrogen-bond acceptors (Lipinski definition) is 6. The van der Waals surface area contributed by atoms with Crippen LogP contribution in [-0.4, -0.2) is 59.8 Å². The maximum Gasteiger partial charge on any atom is 0.119 e. The molecular weight excluding hydrogens is 466 g/mol. The molecule has 2 aromatic rings. The average Bonchev–Trinajstić information content (AvgIpc) is 2.92. The predicted octanol–water partition coefficient (Wildman–Crippen LogP) is 6.48. The van der Waals surface area contributed by atoms with Crippen molar-refractivity contribution in [2.45, 2.75) is 70.6 Å². The fraction of sp³-hybridized carbons (Fsp3) is 0.667. The highest BCUT2D eigenvalue weighted by Crippen LogP contribution is 2.30. The molecule has 1 fully saturated rings. The summed E-state index contributed by atoms with van der Waals surface area (Å²) in [6.07, 6.45) is 14.6. The molecule has 0 saturated carbocycles. The molecule has 5 nitrogen and oxygen atoms in total. The van der Waals surface area contributed by atoms with Gasteiger partial charge in [0.25, 0.3) is 0 Å². The number of nitrogens with zero attached hydrogens (tertiary/aromatic N) is 3. The van der Waals surface area contributed by atoms with Crippen molar-refractivity contribution < 1.29 is 9.84 Å². The molecule has 1 N–H and O–H groups in total. The van der Waals surface area contributed by atoms with Crippen LogP contribution in [0.5, 0.6) is 5.75 Å². The van der Waals surface area contributed by atoms with E-state index in [1.54, 1.807) is 7.11 Å². The van der Waals surface area contributed by atoms with E-state index in [-0.39, 0.29) is 0 Å². The number of piperidine rings is 1. The highest BCUT2D eigenvalue weighted by Gasteiger charge is 2.28. The van der Waals surface area contributed by atoms with Gasteiger partial charge in [-0.2, -0.15) is 17.0 Å². The molecule has 0 radical (unpaired) electrons. The number of aliphatic hydroxyl groups excluding tert-OH is 1. The Labute approximate surface area is 222 Å². The second kappa shape index (κ2) is 16.8. The molecule has 1 saturated heterocycles. The van der Waals surface area contributed by atoms with Gasteiger partial charge >= 0.3 is 0 Å². The van der Waals surface area contributed by atoms with E-state index < -0.39 is 0 Å². The van der Waals surface area contributed by atoms with Crippen molar-refractivity contribution in [3.8, 4) is 11.8 Å². The van der Waals surface area contributed by atoms with Crippen LogP contribution in [0.25, 0.3) is 10.9 Å². The van der Waals surface area contributed by atoms with Gasteiger partial charge < -0.3 is 14.7 Å². The first-order chi connectivity index (χ1) is 17.7. The number of unbranched alkanes of at least 4 members (excludes halogenated alkanes) is 5. The monoisotopic (exact) mass is 511 g/mol. The lowest BCUT2D eigenvalue weighted by Gasteiger charge is -2.38. The number of ether oxygens (including phenoxy) is 1. The number of hydrogen-bond donors (Lipinski definition) is 1. The number of aryl methyl sites for hydroxylation is 1. The lowest BCUT2D eigenvalue weighted by Crippen LogP contribution is -2.42. The third-order valence-corrected chi connectivity index (χ3v) is 8.77. The van der Waals surface area contributed by atoms with Crippen molar-refractivity contribution in [3.63, 3.8) is 0 Å². The van der Waals surface area contributed by atoms with Crippen LogP contribution in [0.4, 0.5) is 0 Å². The minimum absolute atomic E-state index is 0.305. The summed E-state index contributed by atoms with van der Waals surface area (Å²) in [4.78, 5) is 7.08. The van der Waals surface area contributed by atoms with Crippen molar-refractivity contribution in [2.75, 3.05) is 44.9 Å². The Morgan fingerprint density at radius 3 is 2.75 bits per heavy atom. The van der Waals surface area contributed by atoms with Crippen LogP contribution in [0.1, 0.15) is 69.8 Å². The molecule has 36 heavy (non-hydrogen) atoms. The van der Waals surface area contributed by atoms with Gasteiger partial charge in [0.1, 0.15) is 5.75 Å². The molecule has 0 aliphatic carbocycles. The summed E-state index contributed by atoms with van der Waals surface area (Å²) in [5, 5.41) is 19.8. The zero-order chi connectivity index (χ0) is 25.4. The molecule has 2 heterocycles. The SMILES string of the molecule is COc1ccc2nccc(CCC[C@@H]3CCN(CCCSCCCCCCCC#N)C[C@@H]3CO)c2c1. The molecule has 2 atom stereocenters. The van der Waals surface area contributed by atoms with Crippen LogP contribution < -0.4 is 4.74 Å². The largest absolute Gasteiger partial charge is 0.497 e. The molecule has 1 aliphatic heterocycles. The van der Waals surface area contributed by atoms with Gasteiger partial charge in [-0.3, -0.25) is 4.98 Å². The van der Waals surface area contributed by atoms with Gasteiger partial charge in [-0.25, -0.2) is 0 Å². The summed E-state index contributed by atoms with van der Waals surface area (Å²) < 4.78 is 5.42. The molecule has 6 heteroatoms. The van der Waals surface area contributed by atoms with Crippen molar-refractivity contribution in [3.05, 3.63) is 36.0 Å². The Balaban J connectivity index is 1.30. The first-order valence-electron chi connectivity index (χ1n) is 13.9. The molecule has 0 amide bonds. The van der Waals surface area contributed by atoms with Crippen molar-refractivity contribution in [1.82, 2.24) is 9.88 Å². The van der Waals surface area contributed by atoms with Gasteiger partial charge in [0.2, 0.25) is 0 Å². The third kappa shape index (κ3) is 9.57. The number of aromatic nitrogens is 1. The number of likely N-dealkylation sites (tertiary alicyclic amines) is 1. The number of methoxy groups -OCH3 is 1. The lowest BCUT2D eigenvalue weighted by atomic mass is 9.82. The smallest absolute Gasteiger partial charge is 0.119 e. The third-order valence-electron chi connectivity index (χ3n) is 7.61. The highest BCUT2D eigenvalue weighted by molar-refractivity contribution is 7.99. The van der Waals surface area contributed by atoms with Crippen LogP contribution in [0.3, 0.4) is 0 Å². The summed E-state index contributed by atoms with van der Waals surface area (Å²) in [6, 6.07) is 10.5. The number of nitriles is 1. The second-order valence-corrected chi connectivity index (χ2v) is 11.4. The van der Waals surface area contributed by atoms with E-state index in [0.717, 1.165) is 43.6 Å². The molecule has 0 spiro atoms. The quantitative estimate of drug-likeness (QED) is 0.245. The van der Waals surface area contributed by atoms with Gasteiger partial charge in [0.15, 0.2) is 0 Å². The number of rotatable bonds is 17. The first-order valence-corrected chi connectivity index (χ1v) is 15.1. The van der Waals surface area contributed by atoms with Crippen LogP contribution >= 0.6 is 11.8 Å². The van der Waals surface area contributed by atoms with E-state index in [9.17, 15) is 5.11 Å². The minimum Gasteiger partial charge on any atom is -0.497 e. The number of pyridine rings is 1. The fourth-order valence-corrected chi connectivity index (χ4v) is 6.40. The topological polar surface area (TPSA) is 69.4 Å². The maximum absolute atomic E-state index is 10.1. The van der Waals surface area contributed by atoms with Crippen molar-refractivity contribution in [1.29, 1.82) is 5.26 Å². The standard InChI is InChI=1S/C30H45N3O2S/c1-35-28-12-13-30-29(22-28)26(14-17-32-30)11-8-10-25-15-19-33(23-27(25)24-34)18-9-21-36-20-7-5-3-2-4-6-16-31/h12-14,17,22,25,27,34H,2-11,15,18-21,23-24H2,1H3/t25-,27-/m1/s1. The molecule has 0 unspecified atom stereocenters. The molecular formula is C30H45N3O2S. The fourth-order valence-electron chi connectivity index (χ4n) is 5.46. The van der Waals surface area contributed by atoms with Crippen molar-refractivity contribution >= 4 is 22.7 Å². The Bertz CT molecular complexity index is 932. The molecule has 1 aromatic carbocycles. The van der Waals surface area contributed by atoms with Gasteiger partial charge in [0.05, 0.1) is 18.7 Å². The number of benzene rings is 1. The Kier molecular flexibility index (Phi) is 13.5. The van der Waals surface area contributed by atoms with E-state index in [0.29, 0.717) is 24.9 Å². The summed E-state index contributed by atoms with van der Waals surface area (Å²) in [7, 11) is 1.71. The minimum atomic E-state index is 0.305. The average molecular weight is 512 g/mol. The second-order valence-electron chi connectivity index (χ2n) is 10.2. The van der Waals surface area contributed by atoms with E-state index >= 15 is 0 Å². The van der Waals surface area contributed by atoms with E-state index in [4.69, 9.17) is 10.00 Å². The maximum atomic E-state index is 10.1. The molecule has 3 rings (SSSR count). The summed E-state index contributed by atoms with van der Waals surface area (Å²) in [5.41, 5.74) is 2.37. The van der Waals surface area contributed by atoms with Crippen LogP contribution in [0.15, 0.2) is 30.5 Å². The van der Waals surface area contributed by atoms with Crippen molar-refractivity contribution in [2.24, 2.45) is 11.8 Å². The summed E-state index contributed by atoms with van der Waals surface area (Å²) in [6.45, 7) is 3.68. The van der Waals surface area contributed by atoms with Crippen LogP contribution in [0.2, 0.25) is 0 Å². The molecule has 1 aliphatic rings.